The molecule has 0 aliphatic heterocycles. The van der Waals surface area contributed by atoms with Gasteiger partial charge in [-0.25, -0.2) is 9.48 Å². The average molecular weight is 214 g/mol. The first-order valence-electron chi connectivity index (χ1n) is 5.04. The van der Waals surface area contributed by atoms with E-state index in [1.807, 2.05) is 0 Å². The molecule has 0 bridgehead atoms. The molecule has 1 N–H and O–H groups in total. The molecule has 6 heteroatoms. The van der Waals surface area contributed by atoms with Gasteiger partial charge in [0.25, 0.3) is 0 Å². The number of nitrogens with one attached hydrogen (secondary N) is 1. The number of rotatable bonds is 7. The highest BCUT2D eigenvalue weighted by Crippen LogP contribution is 1.78. The summed E-state index contributed by atoms with van der Waals surface area (Å²) in [6.45, 7) is 3.01. The van der Waals surface area contributed by atoms with Crippen molar-refractivity contribution in [2.75, 3.05) is 26.8 Å². The molecule has 0 fully saturated rings. The molecule has 15 heavy (non-hydrogen) atoms. The topological polar surface area (TPSA) is 61.1 Å². The summed E-state index contributed by atoms with van der Waals surface area (Å²) in [4.78, 5) is 11.4. The molecule has 86 valence electrons. The quantitative estimate of drug-likeness (QED) is 0.604. The van der Waals surface area contributed by atoms with Gasteiger partial charge in [0.2, 0.25) is 0 Å². The molecule has 1 aromatic heterocycles. The van der Waals surface area contributed by atoms with Crippen molar-refractivity contribution in [1.29, 1.82) is 0 Å². The lowest BCUT2D eigenvalue weighted by atomic mass is 10.4. The smallest absolute Gasteiger partial charge is 0.345 e. The fourth-order valence-electron chi connectivity index (χ4n) is 1.23. The third-order valence-electron chi connectivity index (χ3n) is 2.09. The Bertz CT molecular complexity index is 331. The number of aromatic nitrogens is 3. The van der Waals surface area contributed by atoms with Gasteiger partial charge in [0.15, 0.2) is 0 Å². The molecule has 0 radical (unpaired) electrons. The van der Waals surface area contributed by atoms with Crippen molar-refractivity contribution < 1.29 is 4.74 Å². The van der Waals surface area contributed by atoms with Gasteiger partial charge < -0.3 is 10.1 Å². The van der Waals surface area contributed by atoms with E-state index in [1.165, 1.54) is 15.6 Å². The van der Waals surface area contributed by atoms with Crippen LogP contribution in [-0.4, -0.2) is 41.2 Å². The van der Waals surface area contributed by atoms with Crippen molar-refractivity contribution in [3.05, 3.63) is 16.8 Å². The molecule has 1 heterocycles. The van der Waals surface area contributed by atoms with Crippen LogP contribution in [0.1, 0.15) is 6.42 Å². The normalized spacial score (nSPS) is 10.8. The van der Waals surface area contributed by atoms with Gasteiger partial charge in [0.1, 0.15) is 6.33 Å². The van der Waals surface area contributed by atoms with Crippen LogP contribution in [0.4, 0.5) is 0 Å². The number of aryl methyl sites for hydroxylation is 1. The number of ether oxygens (including phenoxy) is 1. The van der Waals surface area contributed by atoms with E-state index in [9.17, 15) is 4.79 Å². The molecule has 0 aliphatic rings. The summed E-state index contributed by atoms with van der Waals surface area (Å²) in [5, 5.41) is 7.17. The first-order valence-corrected chi connectivity index (χ1v) is 5.04. The molecule has 0 unspecified atom stereocenters. The maximum Gasteiger partial charge on any atom is 0.345 e. The van der Waals surface area contributed by atoms with Crippen molar-refractivity contribution in [2.24, 2.45) is 7.05 Å². The maximum absolute atomic E-state index is 11.4. The van der Waals surface area contributed by atoms with Gasteiger partial charge in [0, 0.05) is 27.3 Å². The Labute approximate surface area is 88.8 Å². The van der Waals surface area contributed by atoms with Gasteiger partial charge in [0.05, 0.1) is 6.54 Å². The lowest BCUT2D eigenvalue weighted by Crippen LogP contribution is -2.29. The second-order valence-corrected chi connectivity index (χ2v) is 3.34. The van der Waals surface area contributed by atoms with Crippen molar-refractivity contribution in [1.82, 2.24) is 19.7 Å². The Morgan fingerprint density at radius 1 is 1.53 bits per heavy atom. The molecule has 0 amide bonds. The first kappa shape index (κ1) is 11.9. The molecule has 0 spiro atoms. The molecule has 0 saturated heterocycles. The minimum Gasteiger partial charge on any atom is -0.385 e. The molecular formula is C9H18N4O2. The van der Waals surface area contributed by atoms with Gasteiger partial charge in [-0.3, -0.25) is 4.57 Å². The van der Waals surface area contributed by atoms with Crippen LogP contribution in [0.2, 0.25) is 0 Å². The summed E-state index contributed by atoms with van der Waals surface area (Å²) >= 11 is 0. The second-order valence-electron chi connectivity index (χ2n) is 3.34. The van der Waals surface area contributed by atoms with E-state index in [1.54, 1.807) is 14.2 Å². The second kappa shape index (κ2) is 6.36. The highest BCUT2D eigenvalue weighted by molar-refractivity contribution is 4.65. The fourth-order valence-corrected chi connectivity index (χ4v) is 1.23. The SMILES string of the molecule is COCCCNCCn1ncn(C)c1=O. The van der Waals surface area contributed by atoms with E-state index in [0.29, 0.717) is 6.54 Å². The Morgan fingerprint density at radius 3 is 2.93 bits per heavy atom. The molecule has 0 aromatic carbocycles. The van der Waals surface area contributed by atoms with Gasteiger partial charge in [-0.1, -0.05) is 0 Å². The average Bonchev–Trinajstić information content (AvgIpc) is 2.54. The lowest BCUT2D eigenvalue weighted by molar-refractivity contribution is 0.194. The van der Waals surface area contributed by atoms with Crippen LogP contribution < -0.4 is 11.0 Å². The number of hydrogen-bond donors (Lipinski definition) is 1. The van der Waals surface area contributed by atoms with Crippen LogP contribution in [0.15, 0.2) is 11.1 Å². The van der Waals surface area contributed by atoms with Crippen LogP contribution in [0.5, 0.6) is 0 Å². The molecule has 0 aliphatic carbocycles. The Morgan fingerprint density at radius 2 is 2.33 bits per heavy atom. The summed E-state index contributed by atoms with van der Waals surface area (Å²) in [5.74, 6) is 0. The van der Waals surface area contributed by atoms with E-state index >= 15 is 0 Å². The van der Waals surface area contributed by atoms with Gasteiger partial charge in [-0.2, -0.15) is 5.10 Å². The van der Waals surface area contributed by atoms with Crippen molar-refractivity contribution in [2.45, 2.75) is 13.0 Å². The first-order chi connectivity index (χ1) is 7.25. The van der Waals surface area contributed by atoms with E-state index in [0.717, 1.165) is 26.1 Å². The zero-order valence-corrected chi connectivity index (χ0v) is 9.27. The van der Waals surface area contributed by atoms with Gasteiger partial charge in [-0.05, 0) is 13.0 Å². The lowest BCUT2D eigenvalue weighted by Gasteiger charge is -2.03. The maximum atomic E-state index is 11.4. The summed E-state index contributed by atoms with van der Waals surface area (Å²) in [6.07, 6.45) is 2.50. The minimum atomic E-state index is -0.0753. The van der Waals surface area contributed by atoms with E-state index in [-0.39, 0.29) is 5.69 Å². The van der Waals surface area contributed by atoms with Crippen molar-refractivity contribution in [3.63, 3.8) is 0 Å². The van der Waals surface area contributed by atoms with Gasteiger partial charge in [-0.15, -0.1) is 0 Å². The Balaban J connectivity index is 2.15. The van der Waals surface area contributed by atoms with Crippen molar-refractivity contribution in [3.8, 4) is 0 Å². The highest BCUT2D eigenvalue weighted by Gasteiger charge is 1.99. The fraction of sp³-hybridized carbons (Fsp3) is 0.778. The zero-order valence-electron chi connectivity index (χ0n) is 9.27. The summed E-state index contributed by atoms with van der Waals surface area (Å²) in [7, 11) is 3.38. The van der Waals surface area contributed by atoms with E-state index in [2.05, 4.69) is 10.4 Å². The van der Waals surface area contributed by atoms with Crippen molar-refractivity contribution >= 4 is 0 Å². The highest BCUT2D eigenvalue weighted by atomic mass is 16.5. The van der Waals surface area contributed by atoms with Crippen LogP contribution in [-0.2, 0) is 18.3 Å². The summed E-state index contributed by atoms with van der Waals surface area (Å²) in [5.41, 5.74) is -0.0753. The third-order valence-corrected chi connectivity index (χ3v) is 2.09. The van der Waals surface area contributed by atoms with E-state index in [4.69, 9.17) is 4.74 Å². The predicted molar refractivity (Wildman–Crippen MR) is 56.8 cm³/mol. The third kappa shape index (κ3) is 3.85. The zero-order chi connectivity index (χ0) is 11.1. The molecule has 6 nitrogen and oxygen atoms in total. The Kier molecular flexibility index (Phi) is 5.06. The number of hydrogen-bond acceptors (Lipinski definition) is 4. The molecule has 1 aromatic rings. The van der Waals surface area contributed by atoms with Crippen LogP contribution in [0.25, 0.3) is 0 Å². The van der Waals surface area contributed by atoms with Gasteiger partial charge >= 0.3 is 5.69 Å². The van der Waals surface area contributed by atoms with Crippen LogP contribution in [0, 0.1) is 0 Å². The summed E-state index contributed by atoms with van der Waals surface area (Å²) < 4.78 is 7.83. The molecule has 0 atom stereocenters. The van der Waals surface area contributed by atoms with E-state index < -0.39 is 0 Å². The molecular weight excluding hydrogens is 196 g/mol. The predicted octanol–water partition coefficient (Wildman–Crippen LogP) is -0.792. The molecule has 0 saturated carbocycles. The summed E-state index contributed by atoms with van der Waals surface area (Å²) in [6, 6.07) is 0. The number of methoxy groups -OCH3 is 1. The largest absolute Gasteiger partial charge is 0.385 e. The number of nitrogens with zero attached hydrogens (tertiary/aromatic N) is 3. The van der Waals surface area contributed by atoms with Crippen LogP contribution in [0.3, 0.4) is 0 Å². The monoisotopic (exact) mass is 214 g/mol. The minimum absolute atomic E-state index is 0.0753. The molecule has 1 rings (SSSR count). The van der Waals surface area contributed by atoms with Crippen LogP contribution >= 0.6 is 0 Å². The standard InChI is InChI=1S/C9H18N4O2/c1-12-8-11-13(9(12)14)6-5-10-4-3-7-15-2/h8,10H,3-7H2,1-2H3. The Hall–Kier alpha value is -1.14.